The number of phenols is 1. The molecule has 0 bridgehead atoms. The smallest absolute Gasteiger partial charge is 0.210 e. The molecule has 4 heteroatoms. The Hall–Kier alpha value is -1.55. The molecule has 108 valence electrons. The summed E-state index contributed by atoms with van der Waals surface area (Å²) in [6.07, 6.45) is 0.415. The average Bonchev–Trinajstić information content (AvgIpc) is 2.77. The molecule has 0 aromatic heterocycles. The molecule has 1 fully saturated rings. The van der Waals surface area contributed by atoms with E-state index in [2.05, 4.69) is 13.8 Å². The van der Waals surface area contributed by atoms with Gasteiger partial charge in [0.1, 0.15) is 17.3 Å². The van der Waals surface area contributed by atoms with Crippen LogP contribution in [0.2, 0.25) is 0 Å². The third-order valence-electron chi connectivity index (χ3n) is 4.95. The molecule has 1 aromatic rings. The maximum absolute atomic E-state index is 12.1. The molecule has 1 spiro atoms. The lowest BCUT2D eigenvalue weighted by Gasteiger charge is -2.40. The first-order chi connectivity index (χ1) is 9.31. The number of hydrogen-bond acceptors (Lipinski definition) is 4. The minimum atomic E-state index is -0.515. The highest BCUT2D eigenvalue weighted by molar-refractivity contribution is 5.85. The van der Waals surface area contributed by atoms with Gasteiger partial charge in [-0.25, -0.2) is 0 Å². The zero-order chi connectivity index (χ0) is 14.7. The van der Waals surface area contributed by atoms with Gasteiger partial charge in [-0.05, 0) is 30.0 Å². The van der Waals surface area contributed by atoms with Crippen molar-refractivity contribution in [2.24, 2.45) is 5.41 Å². The van der Waals surface area contributed by atoms with Crippen LogP contribution in [0.5, 0.6) is 11.5 Å². The van der Waals surface area contributed by atoms with Crippen LogP contribution in [0.3, 0.4) is 0 Å². The van der Waals surface area contributed by atoms with Crippen molar-refractivity contribution in [3.63, 3.8) is 0 Å². The summed E-state index contributed by atoms with van der Waals surface area (Å²) in [6.45, 7) is 5.97. The van der Waals surface area contributed by atoms with Gasteiger partial charge < -0.3 is 14.6 Å². The highest BCUT2D eigenvalue weighted by Crippen LogP contribution is 2.61. The molecule has 1 heterocycles. The number of aryl methyl sites for hydroxylation is 1. The molecule has 1 aliphatic carbocycles. The lowest BCUT2D eigenvalue weighted by molar-refractivity contribution is -0.122. The molecular formula is C16H20O4. The van der Waals surface area contributed by atoms with E-state index in [1.165, 1.54) is 0 Å². The molecule has 2 atom stereocenters. The van der Waals surface area contributed by atoms with E-state index in [1.54, 1.807) is 13.2 Å². The number of carbonyl (C=O) groups is 1. The van der Waals surface area contributed by atoms with Crippen LogP contribution in [0.25, 0.3) is 0 Å². The van der Waals surface area contributed by atoms with E-state index in [9.17, 15) is 9.90 Å². The first-order valence-corrected chi connectivity index (χ1v) is 6.87. The van der Waals surface area contributed by atoms with Gasteiger partial charge in [-0.1, -0.05) is 13.8 Å². The van der Waals surface area contributed by atoms with Crippen LogP contribution in [0.1, 0.15) is 37.8 Å². The van der Waals surface area contributed by atoms with Crippen molar-refractivity contribution >= 4 is 5.78 Å². The van der Waals surface area contributed by atoms with Gasteiger partial charge in [-0.2, -0.15) is 0 Å². The van der Waals surface area contributed by atoms with Gasteiger partial charge in [-0.3, -0.25) is 4.79 Å². The Morgan fingerprint density at radius 2 is 2.05 bits per heavy atom. The molecule has 20 heavy (non-hydrogen) atoms. The minimum Gasteiger partial charge on any atom is -0.508 e. The van der Waals surface area contributed by atoms with E-state index < -0.39 is 11.7 Å². The van der Waals surface area contributed by atoms with Crippen LogP contribution >= 0.6 is 0 Å². The third-order valence-corrected chi connectivity index (χ3v) is 4.95. The van der Waals surface area contributed by atoms with E-state index in [-0.39, 0.29) is 16.9 Å². The minimum absolute atomic E-state index is 0.216. The molecule has 2 aliphatic rings. The zero-order valence-electron chi connectivity index (χ0n) is 12.3. The van der Waals surface area contributed by atoms with Crippen molar-refractivity contribution in [3.05, 3.63) is 23.3 Å². The van der Waals surface area contributed by atoms with Crippen LogP contribution in [0.4, 0.5) is 0 Å². The Morgan fingerprint density at radius 3 is 2.60 bits per heavy atom. The molecule has 2 unspecified atom stereocenters. The fraction of sp³-hybridized carbons (Fsp3) is 0.562. The lowest BCUT2D eigenvalue weighted by atomic mass is 9.64. The van der Waals surface area contributed by atoms with Gasteiger partial charge in [0.25, 0.3) is 0 Å². The summed E-state index contributed by atoms with van der Waals surface area (Å²) in [5, 5.41) is 10.0. The number of Topliss-reactive ketones (excluding diaryl/α,β-unsaturated/α-hetero) is 1. The summed E-state index contributed by atoms with van der Waals surface area (Å²) in [7, 11) is 1.60. The standard InChI is InChI=1S/C16H20O4/c1-9-5-13-11(6-12(9)18)16(14(19-4)20-13)8-10(17)7-15(16,2)3/h5-6,14,18H,7-8H2,1-4H3. The predicted octanol–water partition coefficient (Wildman–Crippen LogP) is 2.69. The lowest BCUT2D eigenvalue weighted by Crippen LogP contribution is -2.47. The summed E-state index contributed by atoms with van der Waals surface area (Å²) in [4.78, 5) is 12.1. The number of phenolic OH excluding ortho intramolecular Hbond substituents is 1. The summed E-state index contributed by atoms with van der Waals surface area (Å²) >= 11 is 0. The monoisotopic (exact) mass is 276 g/mol. The predicted molar refractivity (Wildman–Crippen MR) is 74.0 cm³/mol. The first kappa shape index (κ1) is 13.4. The van der Waals surface area contributed by atoms with Crippen molar-refractivity contribution in [1.82, 2.24) is 0 Å². The SMILES string of the molecule is COC1Oc2cc(C)c(O)cc2C12CC(=O)CC2(C)C. The normalized spacial score (nSPS) is 30.6. The van der Waals surface area contributed by atoms with Gasteiger partial charge in [0.2, 0.25) is 6.29 Å². The van der Waals surface area contributed by atoms with E-state index in [1.807, 2.05) is 13.0 Å². The summed E-state index contributed by atoms with van der Waals surface area (Å²) < 4.78 is 11.5. The van der Waals surface area contributed by atoms with Crippen LogP contribution in [0.15, 0.2) is 12.1 Å². The van der Waals surface area contributed by atoms with Gasteiger partial charge in [0.05, 0.1) is 5.41 Å². The fourth-order valence-corrected chi connectivity index (χ4v) is 3.83. The maximum atomic E-state index is 12.1. The summed E-state index contributed by atoms with van der Waals surface area (Å²) in [5.41, 5.74) is 0.873. The second-order valence-electron chi connectivity index (χ2n) is 6.57. The van der Waals surface area contributed by atoms with E-state index in [4.69, 9.17) is 9.47 Å². The van der Waals surface area contributed by atoms with Crippen molar-refractivity contribution in [1.29, 1.82) is 0 Å². The molecule has 1 aliphatic heterocycles. The van der Waals surface area contributed by atoms with Gasteiger partial charge in [0.15, 0.2) is 0 Å². The average molecular weight is 276 g/mol. The Kier molecular flexibility index (Phi) is 2.67. The molecule has 0 amide bonds. The quantitative estimate of drug-likeness (QED) is 0.857. The number of ether oxygens (including phenoxy) is 2. The number of ketones is 1. The molecule has 0 saturated heterocycles. The topological polar surface area (TPSA) is 55.8 Å². The number of benzene rings is 1. The van der Waals surface area contributed by atoms with Crippen molar-refractivity contribution in [2.45, 2.75) is 45.3 Å². The van der Waals surface area contributed by atoms with Gasteiger partial charge in [0, 0.05) is 25.5 Å². The number of methoxy groups -OCH3 is 1. The largest absolute Gasteiger partial charge is 0.508 e. The van der Waals surface area contributed by atoms with Crippen LogP contribution in [-0.2, 0) is 14.9 Å². The molecule has 0 radical (unpaired) electrons. The van der Waals surface area contributed by atoms with Gasteiger partial charge >= 0.3 is 0 Å². The fourth-order valence-electron chi connectivity index (χ4n) is 3.83. The van der Waals surface area contributed by atoms with E-state index in [0.717, 1.165) is 16.9 Å². The van der Waals surface area contributed by atoms with Crippen molar-refractivity contribution in [3.8, 4) is 11.5 Å². The number of aromatic hydroxyl groups is 1. The second kappa shape index (κ2) is 3.98. The highest BCUT2D eigenvalue weighted by Gasteiger charge is 2.63. The zero-order valence-corrected chi connectivity index (χ0v) is 12.3. The van der Waals surface area contributed by atoms with Crippen molar-refractivity contribution < 1.29 is 19.4 Å². The Morgan fingerprint density at radius 1 is 1.35 bits per heavy atom. The second-order valence-corrected chi connectivity index (χ2v) is 6.57. The number of carbonyl (C=O) groups excluding carboxylic acids is 1. The summed E-state index contributed by atoms with van der Waals surface area (Å²) in [5.74, 6) is 1.17. The van der Waals surface area contributed by atoms with Gasteiger partial charge in [-0.15, -0.1) is 0 Å². The Labute approximate surface area is 118 Å². The summed E-state index contributed by atoms with van der Waals surface area (Å²) in [6, 6.07) is 3.56. The number of fused-ring (bicyclic) bond motifs is 2. The molecular weight excluding hydrogens is 256 g/mol. The maximum Gasteiger partial charge on any atom is 0.210 e. The Bertz CT molecular complexity index is 590. The van der Waals surface area contributed by atoms with Crippen LogP contribution in [0, 0.1) is 12.3 Å². The van der Waals surface area contributed by atoms with Crippen LogP contribution < -0.4 is 4.74 Å². The third kappa shape index (κ3) is 1.48. The number of hydrogen-bond donors (Lipinski definition) is 1. The van der Waals surface area contributed by atoms with E-state index in [0.29, 0.717) is 12.8 Å². The Balaban J connectivity index is 2.25. The van der Waals surface area contributed by atoms with E-state index >= 15 is 0 Å². The first-order valence-electron chi connectivity index (χ1n) is 6.87. The van der Waals surface area contributed by atoms with Crippen LogP contribution in [-0.4, -0.2) is 24.3 Å². The molecule has 4 nitrogen and oxygen atoms in total. The molecule has 1 saturated carbocycles. The molecule has 3 rings (SSSR count). The molecule has 1 aromatic carbocycles. The highest BCUT2D eigenvalue weighted by atomic mass is 16.7. The number of rotatable bonds is 1. The van der Waals surface area contributed by atoms with Crippen molar-refractivity contribution in [2.75, 3.05) is 7.11 Å². The molecule has 1 N–H and O–H groups in total.